The lowest BCUT2D eigenvalue weighted by molar-refractivity contribution is -0.384. The third-order valence-corrected chi connectivity index (χ3v) is 4.29. The molecule has 0 radical (unpaired) electrons. The summed E-state index contributed by atoms with van der Waals surface area (Å²) in [6.45, 7) is 2.12. The maximum atomic E-state index is 12.6. The van der Waals surface area contributed by atoms with Gasteiger partial charge in [-0.25, -0.2) is 9.78 Å². The molecule has 9 nitrogen and oxygen atoms in total. The number of fused-ring (bicyclic) bond motifs is 1. The van der Waals surface area contributed by atoms with Crippen LogP contribution in [0.5, 0.6) is 5.88 Å². The van der Waals surface area contributed by atoms with E-state index in [0.717, 1.165) is 5.56 Å². The zero-order valence-corrected chi connectivity index (χ0v) is 15.3. The number of aromatic nitrogens is 1. The summed E-state index contributed by atoms with van der Waals surface area (Å²) in [5.74, 6) is -0.950. The molecule has 28 heavy (non-hydrogen) atoms. The van der Waals surface area contributed by atoms with Crippen molar-refractivity contribution >= 4 is 23.3 Å². The Morgan fingerprint density at radius 3 is 2.89 bits per heavy atom. The second kappa shape index (κ2) is 8.47. The quantitative estimate of drug-likeness (QED) is 0.427. The lowest BCUT2D eigenvalue weighted by atomic mass is 10.0. The van der Waals surface area contributed by atoms with E-state index >= 15 is 0 Å². The number of nitro groups is 1. The molecule has 0 unspecified atom stereocenters. The van der Waals surface area contributed by atoms with E-state index < -0.39 is 23.4 Å². The van der Waals surface area contributed by atoms with Gasteiger partial charge < -0.3 is 14.4 Å². The molecule has 0 aliphatic carbocycles. The number of non-ortho nitro benzene ring substituents is 1. The zero-order chi connectivity index (χ0) is 20.1. The number of pyridine rings is 1. The van der Waals surface area contributed by atoms with Gasteiger partial charge in [0, 0.05) is 30.6 Å². The molecule has 0 fully saturated rings. The highest BCUT2D eigenvalue weighted by atomic mass is 16.6. The topological polar surface area (TPSA) is 112 Å². The minimum atomic E-state index is -0.703. The van der Waals surface area contributed by atoms with Crippen LogP contribution in [0.2, 0.25) is 0 Å². The molecule has 9 heteroatoms. The molecule has 1 aliphatic heterocycles. The lowest BCUT2D eigenvalue weighted by Gasteiger charge is -2.29. The molecule has 0 saturated carbocycles. The highest BCUT2D eigenvalue weighted by Crippen LogP contribution is 2.30. The number of esters is 1. The van der Waals surface area contributed by atoms with E-state index in [-0.39, 0.29) is 17.1 Å². The first-order chi connectivity index (χ1) is 13.5. The number of amides is 1. The highest BCUT2D eigenvalue weighted by molar-refractivity contribution is 5.98. The smallest absolute Gasteiger partial charge is 0.344 e. The Hall–Kier alpha value is -3.49. The van der Waals surface area contributed by atoms with Crippen LogP contribution in [0.4, 0.5) is 11.4 Å². The number of anilines is 1. The van der Waals surface area contributed by atoms with E-state index in [9.17, 15) is 19.7 Å². The van der Waals surface area contributed by atoms with Gasteiger partial charge in [-0.05, 0) is 43.5 Å². The lowest BCUT2D eigenvalue weighted by Crippen LogP contribution is -2.38. The van der Waals surface area contributed by atoms with Gasteiger partial charge in [-0.3, -0.25) is 14.9 Å². The molecular weight excluding hydrogens is 366 g/mol. The maximum absolute atomic E-state index is 12.6. The fourth-order valence-electron chi connectivity index (χ4n) is 3.04. The third kappa shape index (κ3) is 4.08. The molecule has 0 saturated heterocycles. The van der Waals surface area contributed by atoms with Gasteiger partial charge in [0.15, 0.2) is 6.61 Å². The van der Waals surface area contributed by atoms with Crippen molar-refractivity contribution in [3.8, 4) is 5.88 Å². The number of ether oxygens (including phenoxy) is 2. The molecule has 1 amide bonds. The number of carbonyl (C=O) groups excluding carboxylic acids is 2. The number of hydrogen-bond donors (Lipinski definition) is 0. The molecule has 146 valence electrons. The standard InChI is InChI=1S/C19H19N3O6/c1-2-27-18-15(6-3-9-20-18)19(24)28-12-17(23)21-10-4-5-13-11-14(22(25)26)7-8-16(13)21/h3,6-9,11H,2,4-5,10,12H2,1H3. The molecule has 2 heterocycles. The van der Waals surface area contributed by atoms with Gasteiger partial charge in [-0.2, -0.15) is 0 Å². The summed E-state index contributed by atoms with van der Waals surface area (Å²) in [5.41, 5.74) is 1.46. The molecule has 1 aromatic heterocycles. The third-order valence-electron chi connectivity index (χ3n) is 4.29. The van der Waals surface area contributed by atoms with Crippen molar-refractivity contribution in [1.29, 1.82) is 0 Å². The van der Waals surface area contributed by atoms with E-state index in [2.05, 4.69) is 4.98 Å². The van der Waals surface area contributed by atoms with E-state index in [1.807, 2.05) is 0 Å². The summed E-state index contributed by atoms with van der Waals surface area (Å²) >= 11 is 0. The summed E-state index contributed by atoms with van der Waals surface area (Å²) in [6, 6.07) is 7.49. The van der Waals surface area contributed by atoms with Gasteiger partial charge in [0.1, 0.15) is 5.56 Å². The number of carbonyl (C=O) groups is 2. The zero-order valence-electron chi connectivity index (χ0n) is 15.3. The van der Waals surface area contributed by atoms with Crippen LogP contribution < -0.4 is 9.64 Å². The van der Waals surface area contributed by atoms with Crippen LogP contribution in [0, 0.1) is 10.1 Å². The van der Waals surface area contributed by atoms with Gasteiger partial charge in [0.2, 0.25) is 5.88 Å². The summed E-state index contributed by atoms with van der Waals surface area (Å²) in [5, 5.41) is 10.9. The van der Waals surface area contributed by atoms with Gasteiger partial charge >= 0.3 is 5.97 Å². The fourth-order valence-corrected chi connectivity index (χ4v) is 3.04. The first-order valence-corrected chi connectivity index (χ1v) is 8.84. The second-order valence-corrected chi connectivity index (χ2v) is 6.08. The van der Waals surface area contributed by atoms with Gasteiger partial charge in [-0.15, -0.1) is 0 Å². The SMILES string of the molecule is CCOc1ncccc1C(=O)OCC(=O)N1CCCc2cc([N+](=O)[O-])ccc21. The largest absolute Gasteiger partial charge is 0.477 e. The number of nitro benzene ring substituents is 1. The Morgan fingerprint density at radius 2 is 2.14 bits per heavy atom. The average Bonchev–Trinajstić information content (AvgIpc) is 2.71. The van der Waals surface area contributed by atoms with Crippen LogP contribution in [-0.4, -0.2) is 41.5 Å². The first kappa shape index (κ1) is 19.3. The molecule has 1 aliphatic rings. The van der Waals surface area contributed by atoms with Crippen LogP contribution in [0.25, 0.3) is 0 Å². The van der Waals surface area contributed by atoms with Gasteiger partial charge in [0.05, 0.1) is 11.5 Å². The molecular formula is C19H19N3O6. The Morgan fingerprint density at radius 1 is 1.32 bits per heavy atom. The average molecular weight is 385 g/mol. The van der Waals surface area contributed by atoms with Crippen LogP contribution in [0.15, 0.2) is 36.5 Å². The van der Waals surface area contributed by atoms with E-state index in [1.54, 1.807) is 19.1 Å². The maximum Gasteiger partial charge on any atom is 0.344 e. The van der Waals surface area contributed by atoms with Crippen molar-refractivity contribution in [2.75, 3.05) is 24.7 Å². The molecule has 1 aromatic carbocycles. The summed E-state index contributed by atoms with van der Waals surface area (Å²) in [4.78, 5) is 40.8. The summed E-state index contributed by atoms with van der Waals surface area (Å²) < 4.78 is 10.4. The number of hydrogen-bond acceptors (Lipinski definition) is 7. The molecule has 0 spiro atoms. The molecule has 0 N–H and O–H groups in total. The van der Waals surface area contributed by atoms with Crippen LogP contribution in [0.3, 0.4) is 0 Å². The molecule has 0 atom stereocenters. The first-order valence-electron chi connectivity index (χ1n) is 8.84. The van der Waals surface area contributed by atoms with Crippen LogP contribution >= 0.6 is 0 Å². The van der Waals surface area contributed by atoms with E-state index in [4.69, 9.17) is 9.47 Å². The van der Waals surface area contributed by atoms with Crippen molar-refractivity contribution in [3.05, 3.63) is 57.8 Å². The molecule has 3 rings (SSSR count). The minimum absolute atomic E-state index is 0.0143. The normalized spacial score (nSPS) is 12.8. The number of rotatable bonds is 6. The predicted octanol–water partition coefficient (Wildman–Crippen LogP) is 2.52. The van der Waals surface area contributed by atoms with Crippen molar-refractivity contribution in [2.45, 2.75) is 19.8 Å². The van der Waals surface area contributed by atoms with Crippen LogP contribution in [0.1, 0.15) is 29.3 Å². The Labute approximate surface area is 161 Å². The molecule has 2 aromatic rings. The monoisotopic (exact) mass is 385 g/mol. The van der Waals surface area contributed by atoms with E-state index in [1.165, 1.54) is 29.3 Å². The van der Waals surface area contributed by atoms with Crippen molar-refractivity contribution in [2.24, 2.45) is 0 Å². The Bertz CT molecular complexity index is 914. The predicted molar refractivity (Wildman–Crippen MR) is 99.5 cm³/mol. The number of nitrogens with zero attached hydrogens (tertiary/aromatic N) is 3. The fraction of sp³-hybridized carbons (Fsp3) is 0.316. The van der Waals surface area contributed by atoms with Crippen molar-refractivity contribution in [3.63, 3.8) is 0 Å². The van der Waals surface area contributed by atoms with Gasteiger partial charge in [-0.1, -0.05) is 0 Å². The number of benzene rings is 1. The van der Waals surface area contributed by atoms with Crippen molar-refractivity contribution < 1.29 is 24.0 Å². The second-order valence-electron chi connectivity index (χ2n) is 6.08. The summed E-state index contributed by atoms with van der Waals surface area (Å²) in [7, 11) is 0. The molecule has 0 bridgehead atoms. The number of aryl methyl sites for hydroxylation is 1. The highest BCUT2D eigenvalue weighted by Gasteiger charge is 2.25. The Kier molecular flexibility index (Phi) is 5.83. The van der Waals surface area contributed by atoms with E-state index in [0.29, 0.717) is 31.7 Å². The van der Waals surface area contributed by atoms with Gasteiger partial charge in [0.25, 0.3) is 11.6 Å². The Balaban J connectivity index is 1.70. The minimum Gasteiger partial charge on any atom is -0.477 e. The van der Waals surface area contributed by atoms with Crippen molar-refractivity contribution in [1.82, 2.24) is 4.98 Å². The summed E-state index contributed by atoms with van der Waals surface area (Å²) in [6.07, 6.45) is 2.82. The van der Waals surface area contributed by atoms with Crippen LogP contribution in [-0.2, 0) is 16.0 Å².